The van der Waals surface area contributed by atoms with E-state index in [2.05, 4.69) is 15.5 Å². The second kappa shape index (κ2) is 8.61. The molecular weight excluding hydrogens is 344 g/mol. The molecule has 0 radical (unpaired) electrons. The third kappa shape index (κ3) is 5.13. The van der Waals surface area contributed by atoms with E-state index in [9.17, 15) is 9.59 Å². The highest BCUT2D eigenvalue weighted by atomic mass is 16.5. The molecule has 0 aromatic heterocycles. The van der Waals surface area contributed by atoms with Crippen molar-refractivity contribution < 1.29 is 14.3 Å². The van der Waals surface area contributed by atoms with Crippen LogP contribution in [0.15, 0.2) is 24.3 Å². The summed E-state index contributed by atoms with van der Waals surface area (Å²) in [6.07, 6.45) is 2.35. The molecular formula is C20H30N4O3. The summed E-state index contributed by atoms with van der Waals surface area (Å²) >= 11 is 0. The molecule has 7 heteroatoms. The van der Waals surface area contributed by atoms with E-state index < -0.39 is 0 Å². The number of piperidine rings is 1. The lowest BCUT2D eigenvalue weighted by Crippen LogP contribution is -2.47. The van der Waals surface area contributed by atoms with Gasteiger partial charge in [-0.1, -0.05) is 18.2 Å². The molecule has 2 fully saturated rings. The van der Waals surface area contributed by atoms with Crippen molar-refractivity contribution >= 4 is 11.9 Å². The van der Waals surface area contributed by atoms with Crippen molar-refractivity contribution in [3.05, 3.63) is 29.8 Å². The minimum absolute atomic E-state index is 0.0507. The van der Waals surface area contributed by atoms with E-state index >= 15 is 0 Å². The van der Waals surface area contributed by atoms with Crippen LogP contribution in [0.25, 0.3) is 0 Å². The molecule has 3 amide bonds. The Hall–Kier alpha value is -2.28. The molecule has 2 aliphatic rings. The number of rotatable bonds is 6. The van der Waals surface area contributed by atoms with Gasteiger partial charge < -0.3 is 25.2 Å². The number of nitrogens with zero attached hydrogens (tertiary/aromatic N) is 2. The monoisotopic (exact) mass is 374 g/mol. The van der Waals surface area contributed by atoms with Crippen molar-refractivity contribution in [3.8, 4) is 5.75 Å². The number of hydrogen-bond donors (Lipinski definition) is 2. The van der Waals surface area contributed by atoms with E-state index in [4.69, 9.17) is 4.74 Å². The Morgan fingerprint density at radius 1 is 1.30 bits per heavy atom. The van der Waals surface area contributed by atoms with Gasteiger partial charge in [-0.2, -0.15) is 0 Å². The first-order valence-corrected chi connectivity index (χ1v) is 9.62. The van der Waals surface area contributed by atoms with Crippen LogP contribution in [0.2, 0.25) is 0 Å². The van der Waals surface area contributed by atoms with Crippen molar-refractivity contribution in [2.24, 2.45) is 5.41 Å². The standard InChI is InChI=1S/C20H30N4O3/c1-23(2)11-12-27-17-6-4-3-5-16(17)14-21-19(26)24-9-7-20(8-10-24)13-18(25)22-15-20/h3-6H,7-15H2,1-2H3,(H,21,26)(H,22,25). The van der Waals surface area contributed by atoms with Crippen LogP contribution in [0.4, 0.5) is 4.79 Å². The predicted molar refractivity (Wildman–Crippen MR) is 104 cm³/mol. The highest BCUT2D eigenvalue weighted by molar-refractivity contribution is 5.79. The van der Waals surface area contributed by atoms with Gasteiger partial charge in [0.2, 0.25) is 5.91 Å². The van der Waals surface area contributed by atoms with Gasteiger partial charge in [0.25, 0.3) is 0 Å². The summed E-state index contributed by atoms with van der Waals surface area (Å²) in [7, 11) is 4.02. The normalized spacial score (nSPS) is 18.6. The summed E-state index contributed by atoms with van der Waals surface area (Å²) < 4.78 is 5.85. The fraction of sp³-hybridized carbons (Fsp3) is 0.600. The van der Waals surface area contributed by atoms with Gasteiger partial charge in [-0.3, -0.25) is 4.79 Å². The van der Waals surface area contributed by atoms with E-state index in [1.807, 2.05) is 43.3 Å². The van der Waals surface area contributed by atoms with E-state index in [1.165, 1.54) is 0 Å². The van der Waals surface area contributed by atoms with E-state index in [0.717, 1.165) is 37.2 Å². The Morgan fingerprint density at radius 3 is 2.70 bits per heavy atom. The fourth-order valence-corrected chi connectivity index (χ4v) is 3.70. The number of hydrogen-bond acceptors (Lipinski definition) is 4. The SMILES string of the molecule is CN(C)CCOc1ccccc1CNC(=O)N1CCC2(CC1)CNC(=O)C2. The quantitative estimate of drug-likeness (QED) is 0.790. The Kier molecular flexibility index (Phi) is 6.21. The predicted octanol–water partition coefficient (Wildman–Crippen LogP) is 1.44. The van der Waals surface area contributed by atoms with Crippen LogP contribution < -0.4 is 15.4 Å². The molecule has 0 saturated carbocycles. The van der Waals surface area contributed by atoms with Crippen LogP contribution in [0.1, 0.15) is 24.8 Å². The average molecular weight is 374 g/mol. The van der Waals surface area contributed by atoms with Crippen LogP contribution >= 0.6 is 0 Å². The smallest absolute Gasteiger partial charge is 0.317 e. The number of likely N-dealkylation sites (tertiary alicyclic amines) is 1. The molecule has 148 valence electrons. The van der Waals surface area contributed by atoms with Gasteiger partial charge in [0.05, 0.1) is 0 Å². The minimum atomic E-state index is -0.0507. The zero-order valence-electron chi connectivity index (χ0n) is 16.3. The average Bonchev–Trinajstić information content (AvgIpc) is 3.01. The number of likely N-dealkylation sites (N-methyl/N-ethyl adjacent to an activating group) is 1. The molecule has 0 atom stereocenters. The number of urea groups is 1. The van der Waals surface area contributed by atoms with Gasteiger partial charge in [0.15, 0.2) is 0 Å². The van der Waals surface area contributed by atoms with Crippen LogP contribution in [-0.2, 0) is 11.3 Å². The summed E-state index contributed by atoms with van der Waals surface area (Å²) in [6.45, 7) is 4.04. The Morgan fingerprint density at radius 2 is 2.04 bits per heavy atom. The lowest BCUT2D eigenvalue weighted by molar-refractivity contribution is -0.119. The zero-order valence-corrected chi connectivity index (χ0v) is 16.3. The van der Waals surface area contributed by atoms with Crippen molar-refractivity contribution in [1.82, 2.24) is 20.4 Å². The summed E-state index contributed by atoms with van der Waals surface area (Å²) in [5.74, 6) is 0.951. The number of para-hydroxylation sites is 1. The minimum Gasteiger partial charge on any atom is -0.492 e. The van der Waals surface area contributed by atoms with Gasteiger partial charge >= 0.3 is 6.03 Å². The molecule has 1 spiro atoms. The maximum atomic E-state index is 12.5. The molecule has 1 aromatic rings. The number of carbonyl (C=O) groups is 2. The maximum absolute atomic E-state index is 12.5. The highest BCUT2D eigenvalue weighted by Gasteiger charge is 2.41. The number of benzene rings is 1. The number of amides is 3. The maximum Gasteiger partial charge on any atom is 0.317 e. The molecule has 0 unspecified atom stereocenters. The van der Waals surface area contributed by atoms with Crippen molar-refractivity contribution in [2.75, 3.05) is 46.9 Å². The topological polar surface area (TPSA) is 73.9 Å². The summed E-state index contributed by atoms with van der Waals surface area (Å²) in [4.78, 5) is 28.0. The first-order chi connectivity index (χ1) is 13.0. The number of carbonyl (C=O) groups excluding carboxylic acids is 2. The summed E-state index contributed by atoms with van der Waals surface area (Å²) in [5, 5.41) is 5.94. The van der Waals surface area contributed by atoms with Crippen LogP contribution in [0.5, 0.6) is 5.75 Å². The van der Waals surface area contributed by atoms with Crippen molar-refractivity contribution in [3.63, 3.8) is 0 Å². The molecule has 3 rings (SSSR count). The Balaban J connectivity index is 1.48. The second-order valence-corrected chi connectivity index (χ2v) is 7.86. The second-order valence-electron chi connectivity index (χ2n) is 7.86. The third-order valence-electron chi connectivity index (χ3n) is 5.51. The Bertz CT molecular complexity index is 669. The first-order valence-electron chi connectivity index (χ1n) is 9.62. The van der Waals surface area contributed by atoms with Gasteiger partial charge in [-0.15, -0.1) is 0 Å². The number of ether oxygens (including phenoxy) is 1. The molecule has 2 saturated heterocycles. The largest absolute Gasteiger partial charge is 0.492 e. The first kappa shape index (κ1) is 19.5. The molecule has 0 bridgehead atoms. The summed E-state index contributed by atoms with van der Waals surface area (Å²) in [6, 6.07) is 7.76. The molecule has 7 nitrogen and oxygen atoms in total. The van der Waals surface area contributed by atoms with Crippen LogP contribution in [0, 0.1) is 5.41 Å². The lowest BCUT2D eigenvalue weighted by Gasteiger charge is -2.38. The van der Waals surface area contributed by atoms with Gasteiger partial charge in [-0.05, 0) is 38.4 Å². The summed E-state index contributed by atoms with van der Waals surface area (Å²) in [5.41, 5.74) is 1.03. The highest BCUT2D eigenvalue weighted by Crippen LogP contribution is 2.37. The lowest BCUT2D eigenvalue weighted by atomic mass is 9.78. The molecule has 2 aliphatic heterocycles. The van der Waals surface area contributed by atoms with Gasteiger partial charge in [0.1, 0.15) is 12.4 Å². The van der Waals surface area contributed by atoms with Crippen molar-refractivity contribution in [2.45, 2.75) is 25.8 Å². The Labute approximate surface area is 161 Å². The van der Waals surface area contributed by atoms with Crippen LogP contribution in [-0.4, -0.2) is 68.6 Å². The number of nitrogens with one attached hydrogen (secondary N) is 2. The molecule has 27 heavy (non-hydrogen) atoms. The zero-order chi connectivity index (χ0) is 19.3. The van der Waals surface area contributed by atoms with E-state index in [-0.39, 0.29) is 17.4 Å². The van der Waals surface area contributed by atoms with E-state index in [0.29, 0.717) is 32.7 Å². The molecule has 0 aliphatic carbocycles. The van der Waals surface area contributed by atoms with Gasteiger partial charge in [0, 0.05) is 44.7 Å². The molecule has 2 heterocycles. The van der Waals surface area contributed by atoms with Crippen LogP contribution in [0.3, 0.4) is 0 Å². The third-order valence-corrected chi connectivity index (χ3v) is 5.51. The van der Waals surface area contributed by atoms with E-state index in [1.54, 1.807) is 0 Å². The fourth-order valence-electron chi connectivity index (χ4n) is 3.70. The van der Waals surface area contributed by atoms with Crippen molar-refractivity contribution in [1.29, 1.82) is 0 Å². The molecule has 1 aromatic carbocycles. The molecule has 2 N–H and O–H groups in total. The van der Waals surface area contributed by atoms with Gasteiger partial charge in [-0.25, -0.2) is 4.79 Å².